The zero-order valence-corrected chi connectivity index (χ0v) is 29.0. The number of hydrogen-bond acceptors (Lipinski definition) is 0. The Morgan fingerprint density at radius 2 is 0.621 bits per heavy atom. The van der Waals surface area contributed by atoms with Crippen molar-refractivity contribution in [2.75, 3.05) is 0 Å². The molecule has 0 aromatic rings. The van der Waals surface area contributed by atoms with Crippen molar-refractivity contribution in [2.45, 2.75) is 155 Å². The molecule has 0 saturated carbocycles. The van der Waals surface area contributed by atoms with Crippen LogP contribution in [0.4, 0.5) is 0 Å². The molecule has 0 N–H and O–H groups in total. The molecule has 1 radical (unpaired) electrons. The molecule has 0 aromatic carbocycles. The predicted octanol–water partition coefficient (Wildman–Crippen LogP) is 9.85. The molecule has 0 unspecified atom stereocenters. The van der Waals surface area contributed by atoms with E-state index in [0.29, 0.717) is 30.2 Å². The van der Waals surface area contributed by atoms with E-state index in [9.17, 15) is 0 Å². The summed E-state index contributed by atoms with van der Waals surface area (Å²) in [6.45, 7) is 47.6. The predicted molar refractivity (Wildman–Crippen MR) is 150 cm³/mol. The van der Waals surface area contributed by atoms with Gasteiger partial charge in [0.15, 0.2) is 0 Å². The summed E-state index contributed by atoms with van der Waals surface area (Å²) in [5, 5.41) is 2.50. The van der Waals surface area contributed by atoms with Gasteiger partial charge in [-0.2, -0.15) is 0 Å². The first-order chi connectivity index (χ1) is 12.1. The molecule has 29 heavy (non-hydrogen) atoms. The Balaban J connectivity index is 4.51. The maximum absolute atomic E-state index is 5.00. The first kappa shape index (κ1) is 28.4. The number of halogens is 1. The van der Waals surface area contributed by atoms with Gasteiger partial charge in [0.1, 0.15) is 5.73 Å². The lowest BCUT2D eigenvalue weighted by atomic mass is 10.2. The Morgan fingerprint density at radius 1 is 0.414 bits per heavy atom. The third-order valence-corrected chi connectivity index (χ3v) is 117. The minimum atomic E-state index is -1.84. The smallest absolute Gasteiger partial charge is 0.116 e. The van der Waals surface area contributed by atoms with Gasteiger partial charge in [-0.3, -0.25) is 0 Å². The Morgan fingerprint density at radius 3 is 0.724 bits per heavy atom. The summed E-state index contributed by atoms with van der Waals surface area (Å²) < 4.78 is 0. The zero-order chi connectivity index (χ0) is 24.1. The highest BCUT2D eigenvalue weighted by Crippen LogP contribution is 2.82. The molecule has 0 spiro atoms. The Bertz CT molecular complexity index is 557. The summed E-state index contributed by atoms with van der Waals surface area (Å²) in [7, 11) is -4.06. The largest absolute Gasteiger partial charge is 0.133 e. The normalized spacial score (nSPS) is 23.7. The monoisotopic (exact) mass is 533 g/mol. The van der Waals surface area contributed by atoms with Crippen LogP contribution < -0.4 is 0 Å². The Kier molecular flexibility index (Phi) is 6.78. The van der Waals surface area contributed by atoms with Crippen LogP contribution in [-0.2, 0) is 0 Å². The molecule has 0 aromatic heterocycles. The van der Waals surface area contributed by atoms with Gasteiger partial charge in [-0.15, -0.1) is 15.3 Å². The second-order valence-corrected chi connectivity index (χ2v) is 60.6. The molecule has 0 atom stereocenters. The zero-order valence-electron chi connectivity index (χ0n) is 23.4. The van der Waals surface area contributed by atoms with Gasteiger partial charge in [0.2, 0.25) is 0 Å². The summed E-state index contributed by atoms with van der Waals surface area (Å²) >= 11 is 5.00. The summed E-state index contributed by atoms with van der Waals surface area (Å²) in [5.41, 5.74) is -1.84. The molecule has 173 valence electrons. The van der Waals surface area contributed by atoms with Crippen LogP contribution in [-0.4, -0.2) is 27.8 Å². The minimum Gasteiger partial charge on any atom is -0.133 e. The van der Waals surface area contributed by atoms with Crippen LogP contribution in [0.2, 0.25) is 30.2 Å². The summed E-state index contributed by atoms with van der Waals surface area (Å²) in [6, 6.07) is 0. The van der Waals surface area contributed by atoms with Gasteiger partial charge in [-0.1, -0.05) is 125 Å². The average Bonchev–Trinajstić information content (AvgIpc) is 2.25. The van der Waals surface area contributed by atoms with E-state index in [1.807, 2.05) is 0 Å². The average molecular weight is 535 g/mol. The van der Waals surface area contributed by atoms with E-state index >= 15 is 0 Å². The van der Waals surface area contributed by atoms with Gasteiger partial charge in [0, 0.05) is 7.83 Å². The van der Waals surface area contributed by atoms with Gasteiger partial charge in [-0.05, 0) is 30.2 Å². The van der Waals surface area contributed by atoms with Crippen molar-refractivity contribution < 1.29 is 0 Å². The quantitative estimate of drug-likeness (QED) is 0.214. The fourth-order valence-corrected chi connectivity index (χ4v) is 191. The van der Waals surface area contributed by atoms with Crippen LogP contribution in [0, 0.1) is 0 Å². The Labute approximate surface area is 197 Å². The van der Waals surface area contributed by atoms with E-state index in [-0.39, 0.29) is 0 Å². The van der Waals surface area contributed by atoms with Gasteiger partial charge < -0.3 is 0 Å². The topological polar surface area (TPSA) is 0 Å². The molecule has 0 bridgehead atoms. The number of rotatable bonds is 0. The molecule has 1 saturated heterocycles. The molecule has 1 heterocycles. The van der Waals surface area contributed by atoms with Gasteiger partial charge >= 0.3 is 0 Å². The second-order valence-electron chi connectivity index (χ2n) is 16.0. The van der Waals surface area contributed by atoms with E-state index in [2.05, 4.69) is 125 Å². The first-order valence-electron chi connectivity index (χ1n) is 11.7. The highest BCUT2D eigenvalue weighted by Gasteiger charge is 2.94. The van der Waals surface area contributed by atoms with Crippen molar-refractivity contribution in [3.05, 3.63) is 0 Å². The van der Waals surface area contributed by atoms with Crippen LogP contribution in [0.5, 0.6) is 0 Å². The minimum absolute atomic E-state index is 0.381. The number of hydrogen-bond donors (Lipinski definition) is 0. The third-order valence-electron chi connectivity index (χ3n) is 8.07. The van der Waals surface area contributed by atoms with Gasteiger partial charge in [-0.25, -0.2) is 0 Å². The third kappa shape index (κ3) is 3.24. The molecule has 1 fully saturated rings. The summed E-state index contributed by atoms with van der Waals surface area (Å²) in [6.07, 6.45) is 0. The highest BCUT2D eigenvalue weighted by molar-refractivity contribution is 9.31. The molecule has 1 aliphatic rings. The summed E-state index contributed by atoms with van der Waals surface area (Å²) in [5.74, 6) is 0. The molecule has 0 nitrogen and oxygen atoms in total. The Hall–Kier alpha value is 1.35. The maximum Gasteiger partial charge on any atom is 0.116 e. The maximum atomic E-state index is 5.00. The van der Waals surface area contributed by atoms with Gasteiger partial charge in [0.05, 0.1) is 14.2 Å². The van der Waals surface area contributed by atoms with E-state index in [1.54, 1.807) is 0 Å². The molecule has 1 rings (SSSR count). The fraction of sp³-hybridized carbons (Fsp3) is 1.00. The second kappa shape index (κ2) is 6.93. The molecule has 0 aliphatic carbocycles. The van der Waals surface area contributed by atoms with Crippen molar-refractivity contribution >= 4 is 43.1 Å². The van der Waals surface area contributed by atoms with E-state index in [1.165, 1.54) is 0 Å². The molecule has 0 amide bonds. The SMILES string of the molecule is CC(C)(C)[Si]1[Si](C(C)(C)C)(C(C)(C)C)[Si](Br)(C(C)(C)C)[Si]1(C(C)(C)C)C(C)(C)C. The first-order valence-corrected chi connectivity index (χ1v) is 25.4. The van der Waals surface area contributed by atoms with Gasteiger partial charge in [0.25, 0.3) is 0 Å². The lowest BCUT2D eigenvalue weighted by molar-refractivity contribution is 0.603. The van der Waals surface area contributed by atoms with Crippen LogP contribution in [0.3, 0.4) is 0 Å². The van der Waals surface area contributed by atoms with Crippen molar-refractivity contribution in [3.8, 4) is 0 Å². The van der Waals surface area contributed by atoms with Crippen molar-refractivity contribution in [2.24, 2.45) is 0 Å². The molecular weight excluding hydrogens is 481 g/mol. The molecular formula is C24H54BrSi4. The lowest BCUT2D eigenvalue weighted by Crippen LogP contribution is -3.08. The van der Waals surface area contributed by atoms with Crippen LogP contribution in [0.1, 0.15) is 125 Å². The van der Waals surface area contributed by atoms with E-state index < -0.39 is 27.8 Å². The van der Waals surface area contributed by atoms with Crippen molar-refractivity contribution in [1.82, 2.24) is 0 Å². The van der Waals surface area contributed by atoms with E-state index in [0.717, 1.165) is 0 Å². The standard InChI is InChI=1S/C24H54BrSi4/c1-19(2,3)26-27(20(4,5)6,21(7,8)9)29(25,24(16,17)18)28(26,22(10,11)12)23(13,14)15/h1-18H3. The fourth-order valence-electron chi connectivity index (χ4n) is 8.91. The van der Waals surface area contributed by atoms with Crippen LogP contribution in [0.25, 0.3) is 0 Å². The lowest BCUT2D eigenvalue weighted by Gasteiger charge is -2.88. The molecule has 1 aliphatic heterocycles. The summed E-state index contributed by atoms with van der Waals surface area (Å²) in [4.78, 5) is 0. The van der Waals surface area contributed by atoms with Crippen LogP contribution in [0.15, 0.2) is 0 Å². The highest BCUT2D eigenvalue weighted by atomic mass is 79.9. The van der Waals surface area contributed by atoms with Crippen molar-refractivity contribution in [3.63, 3.8) is 0 Å². The van der Waals surface area contributed by atoms with Crippen LogP contribution >= 0.6 is 15.3 Å². The van der Waals surface area contributed by atoms with E-state index in [4.69, 9.17) is 15.3 Å². The van der Waals surface area contributed by atoms with Crippen molar-refractivity contribution in [1.29, 1.82) is 0 Å². The molecule has 5 heteroatoms.